The first-order valence-corrected chi connectivity index (χ1v) is 7.02. The van der Waals surface area contributed by atoms with Gasteiger partial charge >= 0.3 is 0 Å². The van der Waals surface area contributed by atoms with Crippen LogP contribution in [0.4, 0.5) is 5.69 Å². The molecule has 0 saturated carbocycles. The fraction of sp³-hybridized carbons (Fsp3) is 0.533. The third-order valence-electron chi connectivity index (χ3n) is 3.68. The van der Waals surface area contributed by atoms with Crippen LogP contribution in [0.2, 0.25) is 0 Å². The summed E-state index contributed by atoms with van der Waals surface area (Å²) in [4.78, 5) is 13.8. The fourth-order valence-electron chi connectivity index (χ4n) is 2.45. The first kappa shape index (κ1) is 17.6. The Labute approximate surface area is 132 Å². The number of benzene rings is 1. The molecule has 0 aromatic heterocycles. The summed E-state index contributed by atoms with van der Waals surface area (Å²) in [6.45, 7) is 4.35. The van der Waals surface area contributed by atoms with E-state index in [0.717, 1.165) is 25.3 Å². The Hall–Kier alpha value is -1.46. The van der Waals surface area contributed by atoms with E-state index in [4.69, 9.17) is 10.5 Å². The van der Waals surface area contributed by atoms with E-state index in [2.05, 4.69) is 16.3 Å². The number of nitrogens with zero attached hydrogens (tertiary/aromatic N) is 1. The summed E-state index contributed by atoms with van der Waals surface area (Å²) in [6.07, 6.45) is 1.08. The summed E-state index contributed by atoms with van der Waals surface area (Å²) >= 11 is 0. The van der Waals surface area contributed by atoms with Crippen LogP contribution in [0.1, 0.15) is 13.3 Å². The first-order chi connectivity index (χ1) is 9.60. The second-order valence-corrected chi connectivity index (χ2v) is 5.34. The maximum Gasteiger partial charge on any atom is 0.236 e. The van der Waals surface area contributed by atoms with Gasteiger partial charge in [-0.05, 0) is 31.4 Å². The first-order valence-electron chi connectivity index (χ1n) is 7.02. The largest absolute Gasteiger partial charge is 0.497 e. The molecule has 1 aliphatic heterocycles. The number of nitrogens with two attached hydrogens (primary N) is 1. The van der Waals surface area contributed by atoms with E-state index in [9.17, 15) is 4.79 Å². The lowest BCUT2D eigenvalue weighted by Gasteiger charge is -2.19. The Morgan fingerprint density at radius 2 is 2.33 bits per heavy atom. The smallest absolute Gasteiger partial charge is 0.236 e. The number of halogens is 1. The predicted molar refractivity (Wildman–Crippen MR) is 87.2 cm³/mol. The molecule has 0 bridgehead atoms. The Balaban J connectivity index is 0.00000220. The second kappa shape index (κ2) is 8.10. The van der Waals surface area contributed by atoms with Crippen LogP contribution in [-0.2, 0) is 4.79 Å². The summed E-state index contributed by atoms with van der Waals surface area (Å²) < 4.78 is 5.25. The molecule has 1 amide bonds. The molecule has 6 heteroatoms. The molecule has 0 radical (unpaired) electrons. The zero-order chi connectivity index (χ0) is 14.5. The summed E-state index contributed by atoms with van der Waals surface area (Å²) in [6, 6.07) is 7.64. The minimum atomic E-state index is -0.439. The van der Waals surface area contributed by atoms with Crippen LogP contribution in [0.25, 0.3) is 0 Å². The molecule has 3 N–H and O–H groups in total. The molecule has 0 spiro atoms. The molecule has 2 rings (SSSR count). The van der Waals surface area contributed by atoms with E-state index in [-0.39, 0.29) is 18.3 Å². The number of ether oxygens (including phenoxy) is 1. The van der Waals surface area contributed by atoms with E-state index < -0.39 is 6.04 Å². The Morgan fingerprint density at radius 3 is 3.00 bits per heavy atom. The van der Waals surface area contributed by atoms with Crippen LogP contribution in [-0.4, -0.2) is 38.7 Å². The number of hydrogen-bond acceptors (Lipinski definition) is 4. The number of nitrogens with one attached hydrogen (secondary N) is 1. The quantitative estimate of drug-likeness (QED) is 0.862. The van der Waals surface area contributed by atoms with Crippen molar-refractivity contribution in [2.45, 2.75) is 19.4 Å². The number of carbonyl (C=O) groups excluding carboxylic acids is 1. The van der Waals surface area contributed by atoms with E-state index in [1.165, 1.54) is 5.69 Å². The van der Waals surface area contributed by atoms with Crippen molar-refractivity contribution in [3.05, 3.63) is 24.3 Å². The minimum Gasteiger partial charge on any atom is -0.497 e. The van der Waals surface area contributed by atoms with Gasteiger partial charge < -0.3 is 20.7 Å². The number of methoxy groups -OCH3 is 1. The summed E-state index contributed by atoms with van der Waals surface area (Å²) in [5.41, 5.74) is 6.71. The van der Waals surface area contributed by atoms with Gasteiger partial charge in [0, 0.05) is 31.4 Å². The maximum absolute atomic E-state index is 11.5. The van der Waals surface area contributed by atoms with Gasteiger partial charge in [0.2, 0.25) is 5.91 Å². The fourth-order valence-corrected chi connectivity index (χ4v) is 2.45. The number of anilines is 1. The third kappa shape index (κ3) is 4.79. The number of rotatable bonds is 5. The highest BCUT2D eigenvalue weighted by atomic mass is 35.5. The Kier molecular flexibility index (Phi) is 6.78. The molecule has 1 aliphatic rings. The Morgan fingerprint density at radius 1 is 1.57 bits per heavy atom. The average molecular weight is 314 g/mol. The van der Waals surface area contributed by atoms with Crippen LogP contribution in [0, 0.1) is 5.92 Å². The lowest BCUT2D eigenvalue weighted by Crippen LogP contribution is -2.40. The van der Waals surface area contributed by atoms with Crippen LogP contribution in [0.5, 0.6) is 5.75 Å². The van der Waals surface area contributed by atoms with Gasteiger partial charge in [0.25, 0.3) is 0 Å². The van der Waals surface area contributed by atoms with Crippen LogP contribution < -0.4 is 20.7 Å². The van der Waals surface area contributed by atoms with Crippen molar-refractivity contribution in [3.8, 4) is 5.75 Å². The van der Waals surface area contributed by atoms with Crippen molar-refractivity contribution >= 4 is 24.0 Å². The molecule has 1 heterocycles. The molecular weight excluding hydrogens is 290 g/mol. The molecule has 118 valence electrons. The van der Waals surface area contributed by atoms with Gasteiger partial charge in [-0.15, -0.1) is 12.4 Å². The van der Waals surface area contributed by atoms with Crippen molar-refractivity contribution in [2.75, 3.05) is 31.6 Å². The van der Waals surface area contributed by atoms with Crippen LogP contribution in [0.3, 0.4) is 0 Å². The van der Waals surface area contributed by atoms with E-state index in [1.54, 1.807) is 14.0 Å². The lowest BCUT2D eigenvalue weighted by atomic mass is 10.1. The molecule has 1 saturated heterocycles. The third-order valence-corrected chi connectivity index (χ3v) is 3.68. The molecule has 2 unspecified atom stereocenters. The van der Waals surface area contributed by atoms with E-state index in [0.29, 0.717) is 12.5 Å². The minimum absolute atomic E-state index is 0. The lowest BCUT2D eigenvalue weighted by molar-refractivity contribution is -0.122. The highest BCUT2D eigenvalue weighted by Gasteiger charge is 2.23. The van der Waals surface area contributed by atoms with Gasteiger partial charge in [0.15, 0.2) is 0 Å². The number of hydrogen-bond donors (Lipinski definition) is 2. The van der Waals surface area contributed by atoms with Crippen molar-refractivity contribution in [3.63, 3.8) is 0 Å². The van der Waals surface area contributed by atoms with Crippen LogP contribution >= 0.6 is 12.4 Å². The normalized spacial score (nSPS) is 18.8. The zero-order valence-corrected chi connectivity index (χ0v) is 13.4. The SMILES string of the molecule is COc1cccc(N2CCC(CNC(=O)C(C)N)C2)c1.Cl. The van der Waals surface area contributed by atoms with Crippen LogP contribution in [0.15, 0.2) is 24.3 Å². The van der Waals surface area contributed by atoms with Gasteiger partial charge in [-0.2, -0.15) is 0 Å². The van der Waals surface area contributed by atoms with Crippen molar-refractivity contribution in [1.29, 1.82) is 0 Å². The number of carbonyl (C=O) groups is 1. The van der Waals surface area contributed by atoms with Crippen molar-refractivity contribution in [1.82, 2.24) is 5.32 Å². The molecule has 1 aromatic carbocycles. The molecule has 2 atom stereocenters. The van der Waals surface area contributed by atoms with Gasteiger partial charge in [0.1, 0.15) is 5.75 Å². The molecule has 5 nitrogen and oxygen atoms in total. The summed E-state index contributed by atoms with van der Waals surface area (Å²) in [5, 5.41) is 2.90. The zero-order valence-electron chi connectivity index (χ0n) is 12.5. The van der Waals surface area contributed by atoms with Gasteiger partial charge in [0.05, 0.1) is 13.2 Å². The summed E-state index contributed by atoms with van der Waals surface area (Å²) in [7, 11) is 1.68. The van der Waals surface area contributed by atoms with Gasteiger partial charge in [-0.1, -0.05) is 6.07 Å². The summed E-state index contributed by atoms with van der Waals surface area (Å²) in [5.74, 6) is 1.27. The Bertz CT molecular complexity index is 468. The second-order valence-electron chi connectivity index (χ2n) is 5.34. The van der Waals surface area contributed by atoms with Crippen molar-refractivity contribution in [2.24, 2.45) is 11.7 Å². The average Bonchev–Trinajstić information content (AvgIpc) is 2.93. The van der Waals surface area contributed by atoms with E-state index in [1.807, 2.05) is 18.2 Å². The van der Waals surface area contributed by atoms with E-state index >= 15 is 0 Å². The standard InChI is InChI=1S/C15H23N3O2.ClH/c1-11(16)15(19)17-9-12-6-7-18(10-12)13-4-3-5-14(8-13)20-2;/h3-5,8,11-12H,6-7,9-10,16H2,1-2H3,(H,17,19);1H. The molecule has 21 heavy (non-hydrogen) atoms. The van der Waals surface area contributed by atoms with Crippen molar-refractivity contribution < 1.29 is 9.53 Å². The highest BCUT2D eigenvalue weighted by Crippen LogP contribution is 2.26. The topological polar surface area (TPSA) is 67.6 Å². The molecule has 1 aromatic rings. The predicted octanol–water partition coefficient (Wildman–Crippen LogP) is 1.41. The maximum atomic E-state index is 11.5. The van der Waals surface area contributed by atoms with Gasteiger partial charge in [-0.3, -0.25) is 4.79 Å². The molecule has 0 aliphatic carbocycles. The number of amides is 1. The highest BCUT2D eigenvalue weighted by molar-refractivity contribution is 5.85. The molecular formula is C15H24ClN3O2. The van der Waals surface area contributed by atoms with Gasteiger partial charge in [-0.25, -0.2) is 0 Å². The molecule has 1 fully saturated rings. The monoisotopic (exact) mass is 313 g/mol.